The summed E-state index contributed by atoms with van der Waals surface area (Å²) in [5.41, 5.74) is 1.00. The zero-order valence-corrected chi connectivity index (χ0v) is 11.4. The quantitative estimate of drug-likeness (QED) is 0.855. The zero-order valence-electron chi connectivity index (χ0n) is 10.5. The summed E-state index contributed by atoms with van der Waals surface area (Å²) in [7, 11) is 0. The summed E-state index contributed by atoms with van der Waals surface area (Å²) < 4.78 is 5.22. The number of rotatable bonds is 6. The molecular weight excluding hydrogens is 278 g/mol. The Bertz CT molecular complexity index is 594. The molecule has 20 heavy (non-hydrogen) atoms. The first-order chi connectivity index (χ1) is 9.65. The molecule has 2 N–H and O–H groups in total. The van der Waals surface area contributed by atoms with Gasteiger partial charge in [0, 0.05) is 18.0 Å². The molecule has 1 aromatic carbocycles. The Kier molecular flexibility index (Phi) is 4.73. The van der Waals surface area contributed by atoms with Gasteiger partial charge >= 0.3 is 5.97 Å². The molecule has 2 aromatic rings. The minimum Gasteiger partial charge on any atom is -0.483 e. The van der Waals surface area contributed by atoms with Crippen LogP contribution in [0.2, 0.25) is 0 Å². The molecule has 0 unspecified atom stereocenters. The lowest BCUT2D eigenvalue weighted by molar-refractivity contribution is -0.123. The van der Waals surface area contributed by atoms with Crippen LogP contribution in [0.3, 0.4) is 0 Å². The second-order valence-electron chi connectivity index (χ2n) is 4.00. The standard InChI is InChI=1S/C14H13NO4S/c16-13(15-7-10-4-2-1-3-5-10)8-19-11-6-12(14(17)18)20-9-11/h1-6,9H,7-8H2,(H,15,16)(H,17,18). The molecule has 0 atom stereocenters. The number of amides is 1. The van der Waals surface area contributed by atoms with Crippen LogP contribution >= 0.6 is 11.3 Å². The third-order valence-corrected chi connectivity index (χ3v) is 3.39. The van der Waals surface area contributed by atoms with E-state index in [0.29, 0.717) is 12.3 Å². The van der Waals surface area contributed by atoms with Crippen LogP contribution in [0.4, 0.5) is 0 Å². The smallest absolute Gasteiger partial charge is 0.346 e. The van der Waals surface area contributed by atoms with E-state index in [4.69, 9.17) is 9.84 Å². The molecule has 0 aliphatic carbocycles. The van der Waals surface area contributed by atoms with Gasteiger partial charge in [-0.3, -0.25) is 4.79 Å². The topological polar surface area (TPSA) is 75.6 Å². The van der Waals surface area contributed by atoms with Crippen molar-refractivity contribution in [1.82, 2.24) is 5.32 Å². The average molecular weight is 291 g/mol. The van der Waals surface area contributed by atoms with Crippen molar-refractivity contribution in [1.29, 1.82) is 0 Å². The number of aromatic carboxylic acids is 1. The van der Waals surface area contributed by atoms with Crippen molar-refractivity contribution in [2.45, 2.75) is 6.54 Å². The van der Waals surface area contributed by atoms with E-state index in [2.05, 4.69) is 5.32 Å². The van der Waals surface area contributed by atoms with E-state index < -0.39 is 5.97 Å². The molecule has 0 spiro atoms. The number of thiophene rings is 1. The molecule has 2 rings (SSSR count). The van der Waals surface area contributed by atoms with Crippen LogP contribution in [-0.4, -0.2) is 23.6 Å². The van der Waals surface area contributed by atoms with Crippen LogP contribution in [-0.2, 0) is 11.3 Å². The van der Waals surface area contributed by atoms with Crippen LogP contribution < -0.4 is 10.1 Å². The van der Waals surface area contributed by atoms with Crippen molar-refractivity contribution < 1.29 is 19.4 Å². The van der Waals surface area contributed by atoms with Gasteiger partial charge in [0.1, 0.15) is 10.6 Å². The highest BCUT2D eigenvalue weighted by atomic mass is 32.1. The number of carboxylic acid groups (broad SMARTS) is 1. The third-order valence-electron chi connectivity index (χ3n) is 2.49. The first-order valence-corrected chi connectivity index (χ1v) is 6.78. The third kappa shape index (κ3) is 4.10. The molecule has 5 nitrogen and oxygen atoms in total. The van der Waals surface area contributed by atoms with Gasteiger partial charge in [0.05, 0.1) is 0 Å². The highest BCUT2D eigenvalue weighted by molar-refractivity contribution is 7.12. The van der Waals surface area contributed by atoms with Crippen LogP contribution in [0.25, 0.3) is 0 Å². The van der Waals surface area contributed by atoms with E-state index >= 15 is 0 Å². The highest BCUT2D eigenvalue weighted by Gasteiger charge is 2.09. The molecular formula is C14H13NO4S. The van der Waals surface area contributed by atoms with Gasteiger partial charge < -0.3 is 15.2 Å². The fourth-order valence-corrected chi connectivity index (χ4v) is 2.17. The minimum atomic E-state index is -1.00. The number of carboxylic acids is 1. The van der Waals surface area contributed by atoms with Crippen LogP contribution in [0.1, 0.15) is 15.2 Å². The van der Waals surface area contributed by atoms with E-state index in [1.54, 1.807) is 5.38 Å². The van der Waals surface area contributed by atoms with Gasteiger partial charge in [-0.2, -0.15) is 0 Å². The predicted octanol–water partition coefficient (Wildman–Crippen LogP) is 2.14. The average Bonchev–Trinajstić information content (AvgIpc) is 2.93. The lowest BCUT2D eigenvalue weighted by Gasteiger charge is -2.06. The Hall–Kier alpha value is -2.34. The van der Waals surface area contributed by atoms with E-state index in [-0.39, 0.29) is 17.4 Å². The maximum absolute atomic E-state index is 11.6. The Balaban J connectivity index is 1.76. The second-order valence-corrected chi connectivity index (χ2v) is 4.91. The molecule has 0 saturated heterocycles. The Labute approximate surface area is 119 Å². The van der Waals surface area contributed by atoms with E-state index in [1.165, 1.54) is 6.07 Å². The van der Waals surface area contributed by atoms with Crippen molar-refractivity contribution >= 4 is 23.2 Å². The fraction of sp³-hybridized carbons (Fsp3) is 0.143. The summed E-state index contributed by atoms with van der Waals surface area (Å²) in [4.78, 5) is 22.5. The van der Waals surface area contributed by atoms with E-state index in [0.717, 1.165) is 16.9 Å². The van der Waals surface area contributed by atoms with Crippen molar-refractivity contribution in [3.8, 4) is 5.75 Å². The monoisotopic (exact) mass is 291 g/mol. The highest BCUT2D eigenvalue weighted by Crippen LogP contribution is 2.21. The Morgan fingerprint density at radius 3 is 2.65 bits per heavy atom. The van der Waals surface area contributed by atoms with Gasteiger partial charge in [0.25, 0.3) is 5.91 Å². The van der Waals surface area contributed by atoms with Gasteiger partial charge in [0.15, 0.2) is 6.61 Å². The zero-order chi connectivity index (χ0) is 14.4. The molecule has 1 amide bonds. The van der Waals surface area contributed by atoms with Crippen molar-refractivity contribution in [2.24, 2.45) is 0 Å². The largest absolute Gasteiger partial charge is 0.483 e. The molecule has 1 heterocycles. The number of carbonyl (C=O) groups is 2. The normalized spacial score (nSPS) is 10.0. The van der Waals surface area contributed by atoms with E-state index in [1.807, 2.05) is 30.3 Å². The first-order valence-electron chi connectivity index (χ1n) is 5.90. The van der Waals surface area contributed by atoms with Crippen molar-refractivity contribution in [2.75, 3.05) is 6.61 Å². The molecule has 0 radical (unpaired) electrons. The molecule has 0 aliphatic heterocycles. The van der Waals surface area contributed by atoms with Crippen LogP contribution in [0.15, 0.2) is 41.8 Å². The lowest BCUT2D eigenvalue weighted by atomic mass is 10.2. The first kappa shape index (κ1) is 14.1. The lowest BCUT2D eigenvalue weighted by Crippen LogP contribution is -2.28. The summed E-state index contributed by atoms with van der Waals surface area (Å²) in [6, 6.07) is 10.9. The van der Waals surface area contributed by atoms with Crippen molar-refractivity contribution in [3.05, 3.63) is 52.2 Å². The molecule has 0 bridgehead atoms. The number of hydrogen-bond acceptors (Lipinski definition) is 4. The minimum absolute atomic E-state index is 0.136. The predicted molar refractivity (Wildman–Crippen MR) is 75.1 cm³/mol. The SMILES string of the molecule is O=C(COc1csc(C(=O)O)c1)NCc1ccccc1. The van der Waals surface area contributed by atoms with Gasteiger partial charge in [-0.1, -0.05) is 30.3 Å². The Morgan fingerprint density at radius 1 is 1.25 bits per heavy atom. The molecule has 1 aromatic heterocycles. The van der Waals surface area contributed by atoms with Gasteiger partial charge in [-0.15, -0.1) is 11.3 Å². The number of ether oxygens (including phenoxy) is 1. The fourth-order valence-electron chi connectivity index (χ4n) is 1.50. The van der Waals surface area contributed by atoms with E-state index in [9.17, 15) is 9.59 Å². The molecule has 0 saturated carbocycles. The number of benzene rings is 1. The summed E-state index contributed by atoms with van der Waals surface area (Å²) in [6.07, 6.45) is 0. The van der Waals surface area contributed by atoms with Gasteiger partial charge in [0.2, 0.25) is 0 Å². The summed E-state index contributed by atoms with van der Waals surface area (Å²) in [5, 5.41) is 13.0. The maximum atomic E-state index is 11.6. The van der Waals surface area contributed by atoms with Crippen LogP contribution in [0, 0.1) is 0 Å². The van der Waals surface area contributed by atoms with Crippen molar-refractivity contribution in [3.63, 3.8) is 0 Å². The van der Waals surface area contributed by atoms with Gasteiger partial charge in [-0.25, -0.2) is 4.79 Å². The molecule has 0 aliphatic rings. The van der Waals surface area contributed by atoms with Crippen LogP contribution in [0.5, 0.6) is 5.75 Å². The number of hydrogen-bond donors (Lipinski definition) is 2. The maximum Gasteiger partial charge on any atom is 0.346 e. The molecule has 0 fully saturated rings. The van der Waals surface area contributed by atoms with Gasteiger partial charge in [-0.05, 0) is 5.56 Å². The molecule has 104 valence electrons. The number of nitrogens with one attached hydrogen (secondary N) is 1. The Morgan fingerprint density at radius 2 is 2.00 bits per heavy atom. The number of carbonyl (C=O) groups excluding carboxylic acids is 1. The summed E-state index contributed by atoms with van der Waals surface area (Å²) in [6.45, 7) is 0.301. The molecule has 6 heteroatoms. The second kappa shape index (κ2) is 6.72. The summed E-state index contributed by atoms with van der Waals surface area (Å²) in [5.74, 6) is -0.863. The summed E-state index contributed by atoms with van der Waals surface area (Å²) >= 11 is 1.06.